The predicted octanol–water partition coefficient (Wildman–Crippen LogP) is 4.33. The smallest absolute Gasteiger partial charge is 0.0439 e. The maximum absolute atomic E-state index is 5.87. The Hall–Kier alpha value is -0.270. The lowest BCUT2D eigenvalue weighted by Gasteiger charge is -2.06. The summed E-state index contributed by atoms with van der Waals surface area (Å²) in [7, 11) is 0. The summed E-state index contributed by atoms with van der Waals surface area (Å²) in [6.45, 7) is 6.49. The molecule has 1 aromatic heterocycles. The van der Waals surface area contributed by atoms with Gasteiger partial charge in [0.05, 0.1) is 0 Å². The number of thiophene rings is 1. The van der Waals surface area contributed by atoms with Crippen LogP contribution in [-0.2, 0) is 0 Å². The molecule has 0 aliphatic carbocycles. The second kappa shape index (κ2) is 4.83. The molecule has 0 amide bonds. The van der Waals surface area contributed by atoms with E-state index in [-0.39, 0.29) is 0 Å². The van der Waals surface area contributed by atoms with Crippen molar-refractivity contribution in [2.75, 3.05) is 5.88 Å². The summed E-state index contributed by atoms with van der Waals surface area (Å²) >= 11 is 7.65. The summed E-state index contributed by atoms with van der Waals surface area (Å²) in [6.07, 6.45) is 2.21. The van der Waals surface area contributed by atoms with Gasteiger partial charge in [0, 0.05) is 10.8 Å². The molecule has 13 heavy (non-hydrogen) atoms. The highest BCUT2D eigenvalue weighted by atomic mass is 35.5. The number of hydrogen-bond donors (Lipinski definition) is 0. The van der Waals surface area contributed by atoms with E-state index in [0.29, 0.717) is 11.8 Å². The van der Waals surface area contributed by atoms with Crippen molar-refractivity contribution in [2.24, 2.45) is 5.92 Å². The minimum Gasteiger partial charge on any atom is -0.149 e. The first-order valence-electron chi connectivity index (χ1n) is 4.45. The average Bonchev–Trinajstić information content (AvgIpc) is 2.46. The maximum atomic E-state index is 5.87. The van der Waals surface area contributed by atoms with Crippen LogP contribution in [0.1, 0.15) is 24.3 Å². The third kappa shape index (κ3) is 2.85. The van der Waals surface area contributed by atoms with Gasteiger partial charge in [-0.2, -0.15) is 0 Å². The summed E-state index contributed by atoms with van der Waals surface area (Å²) in [5, 5.41) is 2.12. The van der Waals surface area contributed by atoms with Gasteiger partial charge in [-0.25, -0.2) is 0 Å². The molecule has 0 unspecified atom stereocenters. The fourth-order valence-corrected chi connectivity index (χ4v) is 2.17. The molecule has 0 bridgehead atoms. The largest absolute Gasteiger partial charge is 0.149 e. The zero-order valence-corrected chi connectivity index (χ0v) is 9.88. The fraction of sp³-hybridized carbons (Fsp3) is 0.455. The Morgan fingerprint density at radius 1 is 1.62 bits per heavy atom. The molecule has 72 valence electrons. The Morgan fingerprint density at radius 3 is 2.69 bits per heavy atom. The molecule has 0 N–H and O–H groups in total. The molecule has 2 heteroatoms. The van der Waals surface area contributed by atoms with E-state index in [1.165, 1.54) is 16.0 Å². The van der Waals surface area contributed by atoms with Crippen LogP contribution in [0.25, 0.3) is 6.08 Å². The molecule has 1 heterocycles. The average molecular weight is 215 g/mol. The van der Waals surface area contributed by atoms with Crippen LogP contribution in [0.4, 0.5) is 0 Å². The van der Waals surface area contributed by atoms with Gasteiger partial charge in [0.1, 0.15) is 0 Å². The topological polar surface area (TPSA) is 0 Å². The molecule has 0 aliphatic rings. The number of rotatable bonds is 3. The fourth-order valence-electron chi connectivity index (χ4n) is 1.10. The minimum absolute atomic E-state index is 0.539. The number of alkyl halides is 1. The Kier molecular flexibility index (Phi) is 4.01. The van der Waals surface area contributed by atoms with Crippen molar-refractivity contribution >= 4 is 29.0 Å². The van der Waals surface area contributed by atoms with E-state index in [1.54, 1.807) is 11.3 Å². The van der Waals surface area contributed by atoms with Gasteiger partial charge in [0.15, 0.2) is 0 Å². The SMILES string of the molecule is Cc1sccc1/C=C(\CCl)C(C)C. The van der Waals surface area contributed by atoms with Crippen molar-refractivity contribution < 1.29 is 0 Å². The van der Waals surface area contributed by atoms with E-state index >= 15 is 0 Å². The van der Waals surface area contributed by atoms with Crippen molar-refractivity contribution in [2.45, 2.75) is 20.8 Å². The van der Waals surface area contributed by atoms with Crippen molar-refractivity contribution in [3.05, 3.63) is 27.5 Å². The first-order valence-corrected chi connectivity index (χ1v) is 5.87. The second-order valence-electron chi connectivity index (χ2n) is 3.44. The van der Waals surface area contributed by atoms with Crippen LogP contribution in [0.2, 0.25) is 0 Å². The first kappa shape index (κ1) is 10.8. The Balaban J connectivity index is 2.91. The molecule has 1 rings (SSSR count). The Bertz CT molecular complexity index is 297. The summed E-state index contributed by atoms with van der Waals surface area (Å²) < 4.78 is 0. The zero-order valence-electron chi connectivity index (χ0n) is 8.30. The zero-order chi connectivity index (χ0) is 9.84. The lowest BCUT2D eigenvalue weighted by molar-refractivity contribution is 0.778. The Morgan fingerprint density at radius 2 is 2.31 bits per heavy atom. The van der Waals surface area contributed by atoms with Crippen LogP contribution in [0.5, 0.6) is 0 Å². The molecule has 1 aromatic rings. The second-order valence-corrected chi connectivity index (χ2v) is 4.83. The van der Waals surface area contributed by atoms with Gasteiger partial charge in [0.25, 0.3) is 0 Å². The van der Waals surface area contributed by atoms with E-state index in [0.717, 1.165) is 0 Å². The predicted molar refractivity (Wildman–Crippen MR) is 62.6 cm³/mol. The molecular formula is C11H15ClS. The normalized spacial score (nSPS) is 12.5. The van der Waals surface area contributed by atoms with E-state index in [9.17, 15) is 0 Å². The van der Waals surface area contributed by atoms with Gasteiger partial charge in [-0.15, -0.1) is 22.9 Å². The van der Waals surface area contributed by atoms with Crippen molar-refractivity contribution in [1.82, 2.24) is 0 Å². The van der Waals surface area contributed by atoms with E-state index in [2.05, 4.69) is 38.3 Å². The molecule has 0 saturated heterocycles. The Labute approximate surface area is 89.2 Å². The molecule has 0 atom stereocenters. The van der Waals surface area contributed by atoms with Gasteiger partial charge >= 0.3 is 0 Å². The molecule has 0 saturated carbocycles. The molecule has 0 spiro atoms. The lowest BCUT2D eigenvalue weighted by atomic mass is 10.0. The third-order valence-electron chi connectivity index (χ3n) is 2.14. The van der Waals surface area contributed by atoms with E-state index < -0.39 is 0 Å². The van der Waals surface area contributed by atoms with Gasteiger partial charge in [0.2, 0.25) is 0 Å². The number of halogens is 1. The van der Waals surface area contributed by atoms with Crippen LogP contribution >= 0.6 is 22.9 Å². The summed E-state index contributed by atoms with van der Waals surface area (Å²) in [5.41, 5.74) is 2.62. The monoisotopic (exact) mass is 214 g/mol. The first-order chi connectivity index (χ1) is 6.15. The highest BCUT2D eigenvalue weighted by Gasteiger charge is 2.03. The number of aryl methyl sites for hydroxylation is 1. The van der Waals surface area contributed by atoms with Crippen LogP contribution in [0.3, 0.4) is 0 Å². The lowest BCUT2D eigenvalue weighted by Crippen LogP contribution is -1.94. The minimum atomic E-state index is 0.539. The highest BCUT2D eigenvalue weighted by molar-refractivity contribution is 7.10. The maximum Gasteiger partial charge on any atom is 0.0439 e. The summed E-state index contributed by atoms with van der Waals surface area (Å²) in [4.78, 5) is 1.36. The van der Waals surface area contributed by atoms with Crippen LogP contribution in [0, 0.1) is 12.8 Å². The van der Waals surface area contributed by atoms with Crippen LogP contribution in [-0.4, -0.2) is 5.88 Å². The van der Waals surface area contributed by atoms with Gasteiger partial charge in [-0.3, -0.25) is 0 Å². The van der Waals surface area contributed by atoms with Gasteiger partial charge in [-0.1, -0.05) is 25.5 Å². The highest BCUT2D eigenvalue weighted by Crippen LogP contribution is 2.21. The molecule has 0 radical (unpaired) electrons. The van der Waals surface area contributed by atoms with Crippen molar-refractivity contribution in [1.29, 1.82) is 0 Å². The molecule has 0 aliphatic heterocycles. The number of allylic oxidation sites excluding steroid dienone is 1. The molecule has 0 nitrogen and oxygen atoms in total. The van der Waals surface area contributed by atoms with Gasteiger partial charge < -0.3 is 0 Å². The summed E-state index contributed by atoms with van der Waals surface area (Å²) in [5.74, 6) is 1.17. The van der Waals surface area contributed by atoms with Gasteiger partial charge in [-0.05, 0) is 29.9 Å². The van der Waals surface area contributed by atoms with Crippen LogP contribution in [0.15, 0.2) is 17.0 Å². The van der Waals surface area contributed by atoms with Crippen molar-refractivity contribution in [3.63, 3.8) is 0 Å². The van der Waals surface area contributed by atoms with E-state index in [4.69, 9.17) is 11.6 Å². The standard InChI is InChI=1S/C11H15ClS/c1-8(2)11(7-12)6-10-4-5-13-9(10)3/h4-6,8H,7H2,1-3H3/b11-6+. The number of hydrogen-bond acceptors (Lipinski definition) is 1. The van der Waals surface area contributed by atoms with Crippen molar-refractivity contribution in [3.8, 4) is 0 Å². The molecule has 0 aromatic carbocycles. The quantitative estimate of drug-likeness (QED) is 0.657. The van der Waals surface area contributed by atoms with Crippen LogP contribution < -0.4 is 0 Å². The molecule has 0 fully saturated rings. The van der Waals surface area contributed by atoms with E-state index in [1.807, 2.05) is 0 Å². The summed E-state index contributed by atoms with van der Waals surface area (Å²) in [6, 6.07) is 2.15. The third-order valence-corrected chi connectivity index (χ3v) is 3.31. The molecular weight excluding hydrogens is 200 g/mol.